The highest BCUT2D eigenvalue weighted by molar-refractivity contribution is 7.14. The highest BCUT2D eigenvalue weighted by Gasteiger charge is 2.15. The SMILES string of the molecule is CC(C)c1ccc(NC(=O)C(=O)NCc2ccc(C(=O)c3ccccc3)s2)cc1. The summed E-state index contributed by atoms with van der Waals surface area (Å²) in [6.45, 7) is 4.36. The molecule has 2 N–H and O–H groups in total. The Hall–Kier alpha value is -3.25. The summed E-state index contributed by atoms with van der Waals surface area (Å²) in [7, 11) is 0. The Morgan fingerprint density at radius 1 is 0.862 bits per heavy atom. The van der Waals surface area contributed by atoms with Gasteiger partial charge in [0.15, 0.2) is 0 Å². The summed E-state index contributed by atoms with van der Waals surface area (Å²) in [6.07, 6.45) is 0. The molecule has 0 saturated heterocycles. The molecule has 148 valence electrons. The summed E-state index contributed by atoms with van der Waals surface area (Å²) in [5.41, 5.74) is 2.35. The van der Waals surface area contributed by atoms with Gasteiger partial charge in [-0.3, -0.25) is 14.4 Å². The van der Waals surface area contributed by atoms with E-state index >= 15 is 0 Å². The number of rotatable bonds is 6. The smallest absolute Gasteiger partial charge is 0.313 e. The third kappa shape index (κ3) is 5.39. The summed E-state index contributed by atoms with van der Waals surface area (Å²) >= 11 is 1.30. The van der Waals surface area contributed by atoms with Crippen LogP contribution in [0.3, 0.4) is 0 Å². The summed E-state index contributed by atoms with van der Waals surface area (Å²) in [4.78, 5) is 38.0. The van der Waals surface area contributed by atoms with Crippen LogP contribution in [0.15, 0.2) is 66.7 Å². The van der Waals surface area contributed by atoms with Gasteiger partial charge in [-0.15, -0.1) is 11.3 Å². The number of hydrogen-bond donors (Lipinski definition) is 2. The van der Waals surface area contributed by atoms with Gasteiger partial charge in [-0.1, -0.05) is 56.3 Å². The summed E-state index contributed by atoms with van der Waals surface area (Å²) < 4.78 is 0. The van der Waals surface area contributed by atoms with Crippen molar-refractivity contribution >= 4 is 34.6 Å². The van der Waals surface area contributed by atoms with E-state index in [1.807, 2.05) is 30.3 Å². The topological polar surface area (TPSA) is 75.3 Å². The molecule has 0 saturated carbocycles. The Balaban J connectivity index is 1.53. The molecule has 5 nitrogen and oxygen atoms in total. The zero-order valence-corrected chi connectivity index (χ0v) is 17.1. The summed E-state index contributed by atoms with van der Waals surface area (Å²) in [5, 5.41) is 5.18. The van der Waals surface area contributed by atoms with E-state index in [-0.39, 0.29) is 12.3 Å². The first-order valence-corrected chi connectivity index (χ1v) is 10.1. The van der Waals surface area contributed by atoms with Gasteiger partial charge in [0, 0.05) is 16.1 Å². The lowest BCUT2D eigenvalue weighted by atomic mass is 10.0. The van der Waals surface area contributed by atoms with Crippen molar-refractivity contribution < 1.29 is 14.4 Å². The van der Waals surface area contributed by atoms with Crippen LogP contribution in [0.5, 0.6) is 0 Å². The van der Waals surface area contributed by atoms with Crippen molar-refractivity contribution in [3.63, 3.8) is 0 Å². The quantitative estimate of drug-likeness (QED) is 0.472. The van der Waals surface area contributed by atoms with Gasteiger partial charge in [-0.2, -0.15) is 0 Å². The van der Waals surface area contributed by atoms with Crippen LogP contribution in [0.25, 0.3) is 0 Å². The van der Waals surface area contributed by atoms with Crippen LogP contribution in [0.2, 0.25) is 0 Å². The van der Waals surface area contributed by atoms with Gasteiger partial charge in [0.2, 0.25) is 5.78 Å². The molecule has 3 aromatic rings. The molecule has 1 heterocycles. The Morgan fingerprint density at radius 2 is 1.55 bits per heavy atom. The lowest BCUT2D eigenvalue weighted by Crippen LogP contribution is -2.34. The first kappa shape index (κ1) is 20.5. The minimum absolute atomic E-state index is 0.0595. The highest BCUT2D eigenvalue weighted by atomic mass is 32.1. The minimum atomic E-state index is -0.723. The molecular formula is C23H22N2O3S. The van der Waals surface area contributed by atoms with E-state index in [9.17, 15) is 14.4 Å². The normalized spacial score (nSPS) is 10.6. The van der Waals surface area contributed by atoms with Gasteiger partial charge in [0.05, 0.1) is 11.4 Å². The van der Waals surface area contributed by atoms with Gasteiger partial charge in [0.25, 0.3) is 0 Å². The molecule has 29 heavy (non-hydrogen) atoms. The monoisotopic (exact) mass is 406 g/mol. The van der Waals surface area contributed by atoms with Crippen LogP contribution in [0.4, 0.5) is 5.69 Å². The number of benzene rings is 2. The number of carbonyl (C=O) groups is 3. The van der Waals surface area contributed by atoms with Crippen molar-refractivity contribution in [1.29, 1.82) is 0 Å². The molecule has 0 bridgehead atoms. The molecule has 2 aromatic carbocycles. The zero-order chi connectivity index (χ0) is 20.8. The van der Waals surface area contributed by atoms with Crippen molar-refractivity contribution in [1.82, 2.24) is 5.32 Å². The largest absolute Gasteiger partial charge is 0.343 e. The van der Waals surface area contributed by atoms with E-state index in [0.29, 0.717) is 22.0 Å². The van der Waals surface area contributed by atoms with Gasteiger partial charge in [0.1, 0.15) is 0 Å². The van der Waals surface area contributed by atoms with Gasteiger partial charge >= 0.3 is 11.8 Å². The van der Waals surface area contributed by atoms with E-state index in [4.69, 9.17) is 0 Å². The Labute approximate surface area is 173 Å². The van der Waals surface area contributed by atoms with Gasteiger partial charge in [-0.25, -0.2) is 0 Å². The number of ketones is 1. The van der Waals surface area contributed by atoms with Crippen molar-refractivity contribution in [3.05, 3.63) is 87.6 Å². The van der Waals surface area contributed by atoms with Crippen molar-refractivity contribution in [2.24, 2.45) is 0 Å². The first-order valence-electron chi connectivity index (χ1n) is 9.31. The molecule has 0 unspecified atom stereocenters. The van der Waals surface area contributed by atoms with Crippen molar-refractivity contribution in [3.8, 4) is 0 Å². The molecule has 1 aromatic heterocycles. The fourth-order valence-electron chi connectivity index (χ4n) is 2.71. The standard InChI is InChI=1S/C23H22N2O3S/c1-15(2)16-8-10-18(11-9-16)25-23(28)22(27)24-14-19-12-13-20(29-19)21(26)17-6-4-3-5-7-17/h3-13,15H,14H2,1-2H3,(H,24,27)(H,25,28). The second-order valence-electron chi connectivity index (χ2n) is 6.87. The van der Waals surface area contributed by atoms with Gasteiger partial charge in [-0.05, 0) is 35.7 Å². The maximum Gasteiger partial charge on any atom is 0.313 e. The molecule has 0 aliphatic rings. The molecule has 0 radical (unpaired) electrons. The molecular weight excluding hydrogens is 384 g/mol. The number of anilines is 1. The van der Waals surface area contributed by atoms with E-state index in [1.165, 1.54) is 11.3 Å². The molecule has 0 spiro atoms. The third-order valence-electron chi connectivity index (χ3n) is 4.39. The number of hydrogen-bond acceptors (Lipinski definition) is 4. The second kappa shape index (κ2) is 9.30. The van der Waals surface area contributed by atoms with Crippen LogP contribution >= 0.6 is 11.3 Å². The number of amides is 2. The molecule has 0 atom stereocenters. The number of carbonyl (C=O) groups excluding carboxylic acids is 3. The molecule has 0 aliphatic carbocycles. The van der Waals surface area contributed by atoms with E-state index in [0.717, 1.165) is 10.4 Å². The van der Waals surface area contributed by atoms with Crippen LogP contribution in [0.1, 0.15) is 45.4 Å². The first-order chi connectivity index (χ1) is 13.9. The van der Waals surface area contributed by atoms with Crippen LogP contribution < -0.4 is 10.6 Å². The highest BCUT2D eigenvalue weighted by Crippen LogP contribution is 2.20. The number of thiophene rings is 1. The Morgan fingerprint density at radius 3 is 2.21 bits per heavy atom. The van der Waals surface area contributed by atoms with E-state index in [1.54, 1.807) is 36.4 Å². The second-order valence-corrected chi connectivity index (χ2v) is 8.04. The minimum Gasteiger partial charge on any atom is -0.343 e. The van der Waals surface area contributed by atoms with Crippen molar-refractivity contribution in [2.45, 2.75) is 26.3 Å². The molecule has 2 amide bonds. The fraction of sp³-hybridized carbons (Fsp3) is 0.174. The fourth-order valence-corrected chi connectivity index (χ4v) is 3.62. The van der Waals surface area contributed by atoms with Crippen LogP contribution in [-0.2, 0) is 16.1 Å². The van der Waals surface area contributed by atoms with Crippen LogP contribution in [-0.4, -0.2) is 17.6 Å². The van der Waals surface area contributed by atoms with Crippen LogP contribution in [0, 0.1) is 0 Å². The maximum atomic E-state index is 12.4. The number of nitrogens with one attached hydrogen (secondary N) is 2. The summed E-state index contributed by atoms with van der Waals surface area (Å²) in [5.74, 6) is -1.11. The average molecular weight is 407 g/mol. The summed E-state index contributed by atoms with van der Waals surface area (Å²) in [6, 6.07) is 19.9. The third-order valence-corrected chi connectivity index (χ3v) is 5.47. The Kier molecular flexibility index (Phi) is 6.57. The molecule has 3 rings (SSSR count). The van der Waals surface area contributed by atoms with Gasteiger partial charge < -0.3 is 10.6 Å². The lowest BCUT2D eigenvalue weighted by Gasteiger charge is -2.08. The predicted molar refractivity (Wildman–Crippen MR) is 115 cm³/mol. The average Bonchev–Trinajstić information content (AvgIpc) is 3.21. The molecule has 0 fully saturated rings. The molecule has 6 heteroatoms. The van der Waals surface area contributed by atoms with E-state index < -0.39 is 11.8 Å². The maximum absolute atomic E-state index is 12.4. The molecule has 0 aliphatic heterocycles. The Bertz CT molecular complexity index is 1010. The predicted octanol–water partition coefficient (Wildman–Crippen LogP) is 4.36. The zero-order valence-electron chi connectivity index (χ0n) is 16.3. The van der Waals surface area contributed by atoms with E-state index in [2.05, 4.69) is 24.5 Å². The van der Waals surface area contributed by atoms with Crippen molar-refractivity contribution in [2.75, 3.05) is 5.32 Å². The lowest BCUT2D eigenvalue weighted by molar-refractivity contribution is -0.136.